The van der Waals surface area contributed by atoms with E-state index in [9.17, 15) is 13.6 Å². The number of para-hydroxylation sites is 1. The first-order valence-electron chi connectivity index (χ1n) is 5.04. The number of nitrogens with two attached hydrogens (primary N) is 1. The van der Waals surface area contributed by atoms with Crippen LogP contribution >= 0.6 is 11.6 Å². The molecule has 0 aliphatic rings. The Morgan fingerprint density at radius 3 is 2.44 bits per heavy atom. The van der Waals surface area contributed by atoms with Crippen LogP contribution in [0.25, 0.3) is 0 Å². The van der Waals surface area contributed by atoms with Crippen LogP contribution in [0.2, 0.25) is 5.02 Å². The van der Waals surface area contributed by atoms with Crippen LogP contribution < -0.4 is 5.73 Å². The van der Waals surface area contributed by atoms with Crippen LogP contribution in [0.5, 0.6) is 0 Å². The molecule has 5 heteroatoms. The molecule has 0 atom stereocenters. The molecule has 0 aliphatic carbocycles. The number of halogens is 3. The molecule has 0 aromatic heterocycles. The fourth-order valence-electron chi connectivity index (χ4n) is 1.55. The lowest BCUT2D eigenvalue weighted by Crippen LogP contribution is -2.08. The summed E-state index contributed by atoms with van der Waals surface area (Å²) in [7, 11) is 0. The second kappa shape index (κ2) is 4.74. The Labute approximate surface area is 107 Å². The van der Waals surface area contributed by atoms with Crippen molar-refractivity contribution in [1.29, 1.82) is 0 Å². The summed E-state index contributed by atoms with van der Waals surface area (Å²) in [6.45, 7) is 0. The maximum absolute atomic E-state index is 13.6. The lowest BCUT2D eigenvalue weighted by molar-refractivity contribution is 0.103. The third-order valence-corrected chi connectivity index (χ3v) is 2.71. The van der Waals surface area contributed by atoms with Gasteiger partial charge >= 0.3 is 0 Å². The normalized spacial score (nSPS) is 10.4. The Balaban J connectivity index is 2.51. The summed E-state index contributed by atoms with van der Waals surface area (Å²) in [5, 5.41) is 0.177. The number of carbonyl (C=O) groups is 1. The first-order chi connectivity index (χ1) is 8.50. The van der Waals surface area contributed by atoms with Gasteiger partial charge in [-0.15, -0.1) is 0 Å². The number of benzene rings is 2. The summed E-state index contributed by atoms with van der Waals surface area (Å²) < 4.78 is 26.8. The zero-order chi connectivity index (χ0) is 13.3. The molecule has 0 spiro atoms. The van der Waals surface area contributed by atoms with Gasteiger partial charge in [-0.2, -0.15) is 0 Å². The van der Waals surface area contributed by atoms with Gasteiger partial charge in [0.1, 0.15) is 11.6 Å². The number of ketones is 1. The molecule has 0 aliphatic heterocycles. The van der Waals surface area contributed by atoms with Gasteiger partial charge in [-0.05, 0) is 30.3 Å². The zero-order valence-electron chi connectivity index (χ0n) is 9.08. The molecule has 0 saturated carbocycles. The van der Waals surface area contributed by atoms with Gasteiger partial charge < -0.3 is 5.73 Å². The van der Waals surface area contributed by atoms with Crippen molar-refractivity contribution < 1.29 is 13.6 Å². The summed E-state index contributed by atoms with van der Waals surface area (Å²) in [4.78, 5) is 12.0. The molecule has 0 amide bonds. The van der Waals surface area contributed by atoms with E-state index < -0.39 is 17.4 Å². The monoisotopic (exact) mass is 267 g/mol. The van der Waals surface area contributed by atoms with E-state index in [1.54, 1.807) is 0 Å². The fraction of sp³-hybridized carbons (Fsp3) is 0. The molecule has 2 aromatic carbocycles. The van der Waals surface area contributed by atoms with Crippen molar-refractivity contribution >= 4 is 23.1 Å². The summed E-state index contributed by atoms with van der Waals surface area (Å²) >= 11 is 5.59. The largest absolute Gasteiger partial charge is 0.396 e. The predicted molar refractivity (Wildman–Crippen MR) is 65.7 cm³/mol. The van der Waals surface area contributed by atoms with E-state index in [1.165, 1.54) is 24.3 Å². The minimum Gasteiger partial charge on any atom is -0.396 e. The molecule has 0 fully saturated rings. The Bertz CT molecular complexity index is 628. The molecule has 0 heterocycles. The summed E-state index contributed by atoms with van der Waals surface area (Å²) in [5.74, 6) is -2.16. The van der Waals surface area contributed by atoms with Crippen molar-refractivity contribution in [2.24, 2.45) is 0 Å². The van der Waals surface area contributed by atoms with Crippen LogP contribution in [-0.2, 0) is 0 Å². The third kappa shape index (κ3) is 2.19. The van der Waals surface area contributed by atoms with Crippen molar-refractivity contribution in [3.8, 4) is 0 Å². The minimum atomic E-state index is -0.767. The zero-order valence-corrected chi connectivity index (χ0v) is 9.84. The van der Waals surface area contributed by atoms with E-state index in [-0.39, 0.29) is 21.8 Å². The highest BCUT2D eigenvalue weighted by atomic mass is 35.5. The second-order valence-electron chi connectivity index (χ2n) is 3.65. The van der Waals surface area contributed by atoms with Crippen molar-refractivity contribution in [2.45, 2.75) is 0 Å². The summed E-state index contributed by atoms with van der Waals surface area (Å²) in [6.07, 6.45) is 0. The fourth-order valence-corrected chi connectivity index (χ4v) is 1.71. The predicted octanol–water partition coefficient (Wildman–Crippen LogP) is 3.43. The molecule has 0 radical (unpaired) electrons. The molecular weight excluding hydrogens is 260 g/mol. The smallest absolute Gasteiger partial charge is 0.198 e. The van der Waals surface area contributed by atoms with Crippen molar-refractivity contribution in [3.05, 3.63) is 64.2 Å². The van der Waals surface area contributed by atoms with Crippen molar-refractivity contribution in [1.82, 2.24) is 0 Å². The van der Waals surface area contributed by atoms with Crippen LogP contribution in [0.3, 0.4) is 0 Å². The number of nitrogen functional groups attached to an aromatic ring is 1. The highest BCUT2D eigenvalue weighted by Crippen LogP contribution is 2.22. The Hall–Kier alpha value is -1.94. The van der Waals surface area contributed by atoms with E-state index in [2.05, 4.69) is 0 Å². The van der Waals surface area contributed by atoms with Gasteiger partial charge in [0.2, 0.25) is 0 Å². The van der Waals surface area contributed by atoms with Gasteiger partial charge in [-0.1, -0.05) is 17.7 Å². The van der Waals surface area contributed by atoms with E-state index in [0.717, 1.165) is 12.1 Å². The number of rotatable bonds is 2. The molecule has 92 valence electrons. The topological polar surface area (TPSA) is 43.1 Å². The average Bonchev–Trinajstić information content (AvgIpc) is 2.32. The molecule has 2 rings (SSSR count). The minimum absolute atomic E-state index is 0.0729. The first kappa shape index (κ1) is 12.5. The van der Waals surface area contributed by atoms with Gasteiger partial charge in [0.05, 0.1) is 11.3 Å². The molecule has 18 heavy (non-hydrogen) atoms. The Morgan fingerprint density at radius 2 is 1.78 bits per heavy atom. The summed E-state index contributed by atoms with van der Waals surface area (Å²) in [5.41, 5.74) is 4.89. The van der Waals surface area contributed by atoms with Gasteiger partial charge in [0.15, 0.2) is 5.78 Å². The van der Waals surface area contributed by atoms with Gasteiger partial charge in [-0.25, -0.2) is 8.78 Å². The number of hydrogen-bond acceptors (Lipinski definition) is 2. The molecule has 2 aromatic rings. The highest BCUT2D eigenvalue weighted by molar-refractivity contribution is 6.30. The van der Waals surface area contributed by atoms with Crippen LogP contribution in [0.15, 0.2) is 36.4 Å². The molecule has 2 nitrogen and oxygen atoms in total. The van der Waals surface area contributed by atoms with Gasteiger partial charge in [0.25, 0.3) is 0 Å². The van der Waals surface area contributed by atoms with Crippen LogP contribution in [-0.4, -0.2) is 5.78 Å². The first-order valence-corrected chi connectivity index (χ1v) is 5.42. The van der Waals surface area contributed by atoms with E-state index in [4.69, 9.17) is 17.3 Å². The van der Waals surface area contributed by atoms with Crippen molar-refractivity contribution in [3.63, 3.8) is 0 Å². The van der Waals surface area contributed by atoms with Crippen molar-refractivity contribution in [2.75, 3.05) is 5.73 Å². The van der Waals surface area contributed by atoms with Gasteiger partial charge in [0, 0.05) is 10.6 Å². The molecule has 0 unspecified atom stereocenters. The number of carbonyl (C=O) groups excluding carboxylic acids is 1. The standard InChI is InChI=1S/C13H8ClF2NO/c14-7-4-5-8(11(16)6-7)13(18)9-2-1-3-10(15)12(9)17/h1-6H,17H2. The highest BCUT2D eigenvalue weighted by Gasteiger charge is 2.18. The van der Waals surface area contributed by atoms with Crippen LogP contribution in [0.4, 0.5) is 14.5 Å². The Kier molecular flexibility index (Phi) is 3.30. The number of anilines is 1. The van der Waals surface area contributed by atoms with Gasteiger partial charge in [-0.3, -0.25) is 4.79 Å². The molecule has 0 saturated heterocycles. The third-order valence-electron chi connectivity index (χ3n) is 2.47. The Morgan fingerprint density at radius 1 is 1.06 bits per heavy atom. The molecule has 0 bridgehead atoms. The lowest BCUT2D eigenvalue weighted by atomic mass is 10.0. The summed E-state index contributed by atoms with van der Waals surface area (Å²) in [6, 6.07) is 7.45. The average molecular weight is 268 g/mol. The SMILES string of the molecule is Nc1c(F)cccc1C(=O)c1ccc(Cl)cc1F. The number of hydrogen-bond donors (Lipinski definition) is 1. The van der Waals surface area contributed by atoms with Crippen LogP contribution in [0, 0.1) is 11.6 Å². The van der Waals surface area contributed by atoms with E-state index >= 15 is 0 Å². The second-order valence-corrected chi connectivity index (χ2v) is 4.09. The van der Waals surface area contributed by atoms with E-state index in [0.29, 0.717) is 0 Å². The molecular formula is C13H8ClF2NO. The quantitative estimate of drug-likeness (QED) is 0.669. The maximum atomic E-state index is 13.6. The maximum Gasteiger partial charge on any atom is 0.198 e. The lowest BCUT2D eigenvalue weighted by Gasteiger charge is -2.06. The molecule has 2 N–H and O–H groups in total. The van der Waals surface area contributed by atoms with E-state index in [1.807, 2.05) is 0 Å². The van der Waals surface area contributed by atoms with Crippen LogP contribution in [0.1, 0.15) is 15.9 Å².